The first-order valence-electron chi connectivity index (χ1n) is 15.4. The number of hydrogen-bond acceptors (Lipinski definition) is 2. The molecule has 2 aromatic heterocycles. The molecule has 2 heterocycles. The number of aromatic amines is 1. The number of rotatable bonds is 4. The molecule has 1 N–H and O–H groups in total. The zero-order valence-corrected chi connectivity index (χ0v) is 25.8. The van der Waals surface area contributed by atoms with Crippen molar-refractivity contribution in [3.8, 4) is 45.1 Å². The van der Waals surface area contributed by atoms with Crippen LogP contribution in [0.3, 0.4) is 0 Å². The Hall–Kier alpha value is -5.66. The van der Waals surface area contributed by atoms with Crippen molar-refractivity contribution >= 4 is 43.5 Å². The summed E-state index contributed by atoms with van der Waals surface area (Å²) in [6, 6.07) is 52.4. The number of nitrogens with zero attached hydrogens (tertiary/aromatic N) is 2. The molecule has 0 atom stereocenters. The Morgan fingerprint density at radius 2 is 1.26 bits per heavy atom. The number of hydrogen-bond donors (Lipinski definition) is 0. The Labute approximate surface area is 283 Å². The third kappa shape index (κ3) is 4.78. The molecule has 0 fully saturated rings. The molecule has 216 valence electrons. The van der Waals surface area contributed by atoms with E-state index in [0.29, 0.717) is 5.52 Å². The molecule has 0 aliphatic carbocycles. The smallest absolute Gasteiger partial charge is 0.868 e. The van der Waals surface area contributed by atoms with Crippen LogP contribution in [0, 0.1) is 0 Å². The predicted molar refractivity (Wildman–Crippen MR) is 186 cm³/mol. The Kier molecular flexibility index (Phi) is 7.11. The summed E-state index contributed by atoms with van der Waals surface area (Å²) in [5, 5.41) is 18.3. The molecule has 0 saturated heterocycles. The SMILES string of the molecule is [Li+].[O-]c1ccc(-c2c3ccccc3cc3cc(-c4ccc(-c5nc6ccccc6n5-c5ccccc5)cc4)ccc23)c2ccc[nH+]c12. The number of H-pyrrole nitrogens is 1. The van der Waals surface area contributed by atoms with E-state index < -0.39 is 0 Å². The first kappa shape index (κ1) is 28.8. The second kappa shape index (κ2) is 11.6. The van der Waals surface area contributed by atoms with Crippen LogP contribution >= 0.6 is 0 Å². The molecular formula is C42H27LiN3O+. The van der Waals surface area contributed by atoms with Crippen LogP contribution in [0.2, 0.25) is 0 Å². The molecule has 5 heteroatoms. The first-order chi connectivity index (χ1) is 22.7. The van der Waals surface area contributed by atoms with Crippen LogP contribution in [0.5, 0.6) is 5.75 Å². The monoisotopic (exact) mass is 596 g/mol. The number of fused-ring (bicyclic) bond motifs is 4. The van der Waals surface area contributed by atoms with Crippen LogP contribution in [-0.2, 0) is 0 Å². The number of para-hydroxylation sites is 3. The number of imidazole rings is 1. The number of nitrogens with one attached hydrogen (secondary N) is 1. The van der Waals surface area contributed by atoms with Crippen molar-refractivity contribution in [3.05, 3.63) is 158 Å². The quantitative estimate of drug-likeness (QED) is 0.175. The van der Waals surface area contributed by atoms with Crippen molar-refractivity contribution in [1.82, 2.24) is 9.55 Å². The van der Waals surface area contributed by atoms with Crippen LogP contribution in [0.1, 0.15) is 0 Å². The van der Waals surface area contributed by atoms with Gasteiger partial charge in [0.2, 0.25) is 5.52 Å². The summed E-state index contributed by atoms with van der Waals surface area (Å²) in [4.78, 5) is 8.21. The summed E-state index contributed by atoms with van der Waals surface area (Å²) in [7, 11) is 0. The van der Waals surface area contributed by atoms with E-state index in [1.54, 1.807) is 6.07 Å². The molecule has 0 spiro atoms. The van der Waals surface area contributed by atoms with Gasteiger partial charge >= 0.3 is 18.9 Å². The molecule has 47 heavy (non-hydrogen) atoms. The minimum atomic E-state index is -0.00559. The van der Waals surface area contributed by atoms with Crippen LogP contribution < -0.4 is 29.0 Å². The maximum Gasteiger partial charge on any atom is 1.00 e. The van der Waals surface area contributed by atoms with E-state index in [1.165, 1.54) is 0 Å². The Morgan fingerprint density at radius 3 is 2.13 bits per heavy atom. The van der Waals surface area contributed by atoms with Gasteiger partial charge in [-0.3, -0.25) is 4.57 Å². The molecular weight excluding hydrogens is 569 g/mol. The average Bonchev–Trinajstić information content (AvgIpc) is 3.51. The summed E-state index contributed by atoms with van der Waals surface area (Å²) in [5.74, 6) is 0.913. The van der Waals surface area contributed by atoms with Gasteiger partial charge in [0.1, 0.15) is 5.82 Å². The summed E-state index contributed by atoms with van der Waals surface area (Å²) in [6.07, 6.45) is 1.81. The Balaban J connectivity index is 0.00000324. The van der Waals surface area contributed by atoms with Gasteiger partial charge in [-0.05, 0) is 92.0 Å². The van der Waals surface area contributed by atoms with Crippen molar-refractivity contribution < 1.29 is 29.0 Å². The molecule has 7 aromatic carbocycles. The van der Waals surface area contributed by atoms with Gasteiger partial charge in [-0.1, -0.05) is 103 Å². The number of pyridine rings is 1. The molecule has 4 nitrogen and oxygen atoms in total. The molecule has 0 aliphatic heterocycles. The van der Waals surface area contributed by atoms with Crippen LogP contribution in [0.4, 0.5) is 0 Å². The molecule has 0 aliphatic rings. The summed E-state index contributed by atoms with van der Waals surface area (Å²) in [5.41, 5.74) is 9.29. The van der Waals surface area contributed by atoms with Gasteiger partial charge < -0.3 is 5.11 Å². The third-order valence-electron chi connectivity index (χ3n) is 8.98. The maximum atomic E-state index is 12.7. The molecule has 9 aromatic rings. The van der Waals surface area contributed by atoms with E-state index in [4.69, 9.17) is 4.98 Å². The van der Waals surface area contributed by atoms with Crippen molar-refractivity contribution in [2.45, 2.75) is 0 Å². The number of aromatic nitrogens is 3. The third-order valence-corrected chi connectivity index (χ3v) is 8.98. The molecule has 9 rings (SSSR count). The van der Waals surface area contributed by atoms with Crippen LogP contribution in [-0.4, -0.2) is 9.55 Å². The number of benzene rings is 7. The van der Waals surface area contributed by atoms with Crippen LogP contribution in [0.15, 0.2) is 158 Å². The van der Waals surface area contributed by atoms with E-state index in [2.05, 4.69) is 125 Å². The van der Waals surface area contributed by atoms with E-state index in [9.17, 15) is 5.11 Å². The van der Waals surface area contributed by atoms with Gasteiger partial charge in [0.15, 0.2) is 6.20 Å². The largest absolute Gasteiger partial charge is 1.00 e. The van der Waals surface area contributed by atoms with Crippen molar-refractivity contribution in [1.29, 1.82) is 0 Å². The van der Waals surface area contributed by atoms with Gasteiger partial charge in [0.05, 0.1) is 16.4 Å². The van der Waals surface area contributed by atoms with E-state index in [-0.39, 0.29) is 24.6 Å². The zero-order valence-electron chi connectivity index (χ0n) is 25.8. The average molecular weight is 597 g/mol. The first-order valence-corrected chi connectivity index (χ1v) is 15.4. The van der Waals surface area contributed by atoms with Crippen molar-refractivity contribution in [2.75, 3.05) is 0 Å². The molecule has 0 saturated carbocycles. The van der Waals surface area contributed by atoms with Gasteiger partial charge in [-0.25, -0.2) is 9.97 Å². The summed E-state index contributed by atoms with van der Waals surface area (Å²) in [6.45, 7) is 0. The maximum absolute atomic E-state index is 12.7. The van der Waals surface area contributed by atoms with Crippen molar-refractivity contribution in [3.63, 3.8) is 0 Å². The van der Waals surface area contributed by atoms with Gasteiger partial charge in [-0.2, -0.15) is 0 Å². The second-order valence-electron chi connectivity index (χ2n) is 11.7. The molecule has 0 bridgehead atoms. The van der Waals surface area contributed by atoms with E-state index in [1.807, 2.05) is 36.5 Å². The van der Waals surface area contributed by atoms with E-state index >= 15 is 0 Å². The Bertz CT molecular complexity index is 2590. The van der Waals surface area contributed by atoms with E-state index in [0.717, 1.165) is 77.3 Å². The molecule has 0 amide bonds. The van der Waals surface area contributed by atoms with Gasteiger partial charge in [0, 0.05) is 17.3 Å². The molecule has 0 radical (unpaired) electrons. The summed E-state index contributed by atoms with van der Waals surface area (Å²) < 4.78 is 2.23. The van der Waals surface area contributed by atoms with Gasteiger partial charge in [0.25, 0.3) is 0 Å². The standard InChI is InChI=1S/C42H27N3O.Li/c46-39-23-22-35(36-13-8-24-43-41(36)39)40-33-12-5-4-9-30(33)26-31-25-29(20-21-34(31)40)27-16-18-28(19-17-27)42-44-37-14-6-7-15-38(37)45(42)32-10-2-1-3-11-32;/h1-26,46H;/q;+1. The predicted octanol–water partition coefficient (Wildman–Crippen LogP) is 6.38. The minimum Gasteiger partial charge on any atom is -0.868 e. The molecule has 0 unspecified atom stereocenters. The fourth-order valence-corrected chi connectivity index (χ4v) is 6.83. The minimum absolute atomic E-state index is 0. The summed E-state index contributed by atoms with van der Waals surface area (Å²) >= 11 is 0. The van der Waals surface area contributed by atoms with Crippen LogP contribution in [0.25, 0.3) is 82.8 Å². The van der Waals surface area contributed by atoms with Crippen molar-refractivity contribution in [2.24, 2.45) is 0 Å². The topological polar surface area (TPSA) is 55.0 Å². The Morgan fingerprint density at radius 1 is 0.553 bits per heavy atom. The normalized spacial score (nSPS) is 11.3. The fraction of sp³-hybridized carbons (Fsp3) is 0. The fourth-order valence-electron chi connectivity index (χ4n) is 6.83. The van der Waals surface area contributed by atoms with Gasteiger partial charge in [-0.15, -0.1) is 0 Å². The second-order valence-corrected chi connectivity index (χ2v) is 11.7. The zero-order chi connectivity index (χ0) is 30.6.